The van der Waals surface area contributed by atoms with Crippen LogP contribution in [0.25, 0.3) is 0 Å². The third kappa shape index (κ3) is 0.717. The molecule has 3 aliphatic rings. The van der Waals surface area contributed by atoms with E-state index in [9.17, 15) is 4.79 Å². The maximum atomic E-state index is 11.6. The van der Waals surface area contributed by atoms with Gasteiger partial charge in [-0.1, -0.05) is 13.8 Å². The van der Waals surface area contributed by atoms with Crippen molar-refractivity contribution in [2.45, 2.75) is 26.7 Å². The normalized spacial score (nSPS) is 43.1. The first-order valence-electron chi connectivity index (χ1n) is 4.50. The topological polar surface area (TPSA) is 40.9 Å². The number of carbonyl (C=O) groups excluding carboxylic acids is 1. The number of Topliss-reactive ketones (excluding diaryl/α,β-unsaturated/α-hetero) is 1. The summed E-state index contributed by atoms with van der Waals surface area (Å²) in [5.41, 5.74) is 0.185. The molecule has 0 aromatic carbocycles. The minimum Gasteiger partial charge on any atom is -0.298 e. The van der Waals surface area contributed by atoms with Crippen LogP contribution < -0.4 is 0 Å². The van der Waals surface area contributed by atoms with Crippen LogP contribution in [-0.2, 0) is 4.79 Å². The molecule has 64 valence electrons. The molecular weight excluding hydrogens is 150 g/mol. The Bertz CT molecular complexity index is 274. The van der Waals surface area contributed by atoms with Crippen LogP contribution in [0.3, 0.4) is 0 Å². The summed E-state index contributed by atoms with van der Waals surface area (Å²) in [6.45, 7) is 4.30. The Morgan fingerprint density at radius 3 is 2.58 bits per heavy atom. The molecule has 3 atom stereocenters. The smallest absolute Gasteiger partial charge is 0.153 e. The van der Waals surface area contributed by atoms with E-state index in [1.54, 1.807) is 0 Å². The highest BCUT2D eigenvalue weighted by Crippen LogP contribution is 2.58. The Labute approximate surface area is 72.6 Å². The maximum Gasteiger partial charge on any atom is 0.153 e. The molecule has 2 heteroatoms. The molecule has 0 heterocycles. The van der Waals surface area contributed by atoms with E-state index in [1.165, 1.54) is 0 Å². The van der Waals surface area contributed by atoms with E-state index in [2.05, 4.69) is 19.9 Å². The lowest BCUT2D eigenvalue weighted by molar-refractivity contribution is -0.153. The molecule has 2 nitrogen and oxygen atoms in total. The zero-order valence-electron chi connectivity index (χ0n) is 7.50. The highest BCUT2D eigenvalue weighted by molar-refractivity contribution is 5.88. The van der Waals surface area contributed by atoms with Gasteiger partial charge in [0.25, 0.3) is 0 Å². The summed E-state index contributed by atoms with van der Waals surface area (Å²) >= 11 is 0. The number of hydrogen-bond acceptors (Lipinski definition) is 2. The van der Waals surface area contributed by atoms with E-state index < -0.39 is 0 Å². The van der Waals surface area contributed by atoms with Gasteiger partial charge in [-0.3, -0.25) is 4.79 Å². The van der Waals surface area contributed by atoms with E-state index in [-0.39, 0.29) is 23.0 Å². The van der Waals surface area contributed by atoms with Crippen LogP contribution in [-0.4, -0.2) is 5.78 Å². The standard InChI is InChI=1S/C10H13NO/c1-10(2)7-3-6(5-11)9(12)8(10)4-7/h6-8H,3-4H2,1-2H3. The molecule has 0 saturated heterocycles. The number of fused-ring (bicyclic) bond motifs is 2. The van der Waals surface area contributed by atoms with Crippen molar-refractivity contribution in [3.8, 4) is 6.07 Å². The summed E-state index contributed by atoms with van der Waals surface area (Å²) in [7, 11) is 0. The van der Waals surface area contributed by atoms with Gasteiger partial charge in [0, 0.05) is 5.92 Å². The zero-order valence-corrected chi connectivity index (χ0v) is 7.50. The summed E-state index contributed by atoms with van der Waals surface area (Å²) in [5.74, 6) is 0.706. The van der Waals surface area contributed by atoms with Crippen molar-refractivity contribution in [2.24, 2.45) is 23.2 Å². The van der Waals surface area contributed by atoms with Crippen LogP contribution in [0.4, 0.5) is 0 Å². The lowest BCUT2D eigenvalue weighted by Gasteiger charge is -2.56. The molecule has 3 saturated carbocycles. The van der Waals surface area contributed by atoms with Crippen molar-refractivity contribution in [3.05, 3.63) is 0 Å². The minimum atomic E-state index is -0.290. The van der Waals surface area contributed by atoms with E-state index in [0.717, 1.165) is 12.8 Å². The van der Waals surface area contributed by atoms with Crippen molar-refractivity contribution in [1.82, 2.24) is 0 Å². The SMILES string of the molecule is CC1(C)C2CC(C#N)C(=O)C1C2. The molecule has 0 N–H and O–H groups in total. The largest absolute Gasteiger partial charge is 0.298 e. The summed E-state index contributed by atoms with van der Waals surface area (Å²) in [6.07, 6.45) is 1.84. The van der Waals surface area contributed by atoms with Crippen molar-refractivity contribution < 1.29 is 4.79 Å². The zero-order chi connectivity index (χ0) is 8.93. The lowest BCUT2D eigenvalue weighted by Crippen LogP contribution is -2.55. The Morgan fingerprint density at radius 1 is 1.50 bits per heavy atom. The monoisotopic (exact) mass is 163 g/mol. The second-order valence-corrected chi connectivity index (χ2v) is 4.63. The van der Waals surface area contributed by atoms with Crippen molar-refractivity contribution in [1.29, 1.82) is 5.26 Å². The molecule has 0 aliphatic heterocycles. The number of carbonyl (C=O) groups is 1. The van der Waals surface area contributed by atoms with Gasteiger partial charge >= 0.3 is 0 Å². The Morgan fingerprint density at radius 2 is 2.17 bits per heavy atom. The summed E-state index contributed by atoms with van der Waals surface area (Å²) in [4.78, 5) is 11.6. The fourth-order valence-corrected chi connectivity index (χ4v) is 2.66. The average Bonchev–Trinajstić information content (AvgIpc) is 2.03. The molecule has 3 unspecified atom stereocenters. The Hall–Kier alpha value is -0.840. The van der Waals surface area contributed by atoms with Gasteiger partial charge in [0.05, 0.1) is 6.07 Å². The molecule has 0 amide bonds. The molecule has 3 rings (SSSR count). The number of hydrogen-bond donors (Lipinski definition) is 0. The van der Waals surface area contributed by atoms with Crippen LogP contribution in [0, 0.1) is 34.5 Å². The van der Waals surface area contributed by atoms with E-state index in [1.807, 2.05) is 0 Å². The minimum absolute atomic E-state index is 0.181. The van der Waals surface area contributed by atoms with Gasteiger partial charge < -0.3 is 0 Å². The molecule has 3 aliphatic carbocycles. The van der Waals surface area contributed by atoms with Crippen LogP contribution in [0.5, 0.6) is 0 Å². The van der Waals surface area contributed by atoms with Crippen LogP contribution in [0.1, 0.15) is 26.7 Å². The molecule has 12 heavy (non-hydrogen) atoms. The van der Waals surface area contributed by atoms with E-state index in [4.69, 9.17) is 5.26 Å². The van der Waals surface area contributed by atoms with Gasteiger partial charge in [0.2, 0.25) is 0 Å². The fraction of sp³-hybridized carbons (Fsp3) is 0.800. The molecule has 2 bridgehead atoms. The van der Waals surface area contributed by atoms with Crippen LogP contribution in [0.15, 0.2) is 0 Å². The lowest BCUT2D eigenvalue weighted by atomic mass is 9.46. The van der Waals surface area contributed by atoms with Gasteiger partial charge in [-0.25, -0.2) is 0 Å². The van der Waals surface area contributed by atoms with Gasteiger partial charge in [-0.15, -0.1) is 0 Å². The first-order valence-corrected chi connectivity index (χ1v) is 4.50. The highest BCUT2D eigenvalue weighted by Gasteiger charge is 2.57. The van der Waals surface area contributed by atoms with Gasteiger partial charge in [-0.2, -0.15) is 5.26 Å². The van der Waals surface area contributed by atoms with Crippen molar-refractivity contribution in [2.75, 3.05) is 0 Å². The first-order chi connectivity index (χ1) is 5.57. The molecule has 3 fully saturated rings. The molecular formula is C10H13NO. The van der Waals surface area contributed by atoms with Gasteiger partial charge in [-0.05, 0) is 24.2 Å². The van der Waals surface area contributed by atoms with Crippen LogP contribution in [0.2, 0.25) is 0 Å². The van der Waals surface area contributed by atoms with Crippen molar-refractivity contribution >= 4 is 5.78 Å². The summed E-state index contributed by atoms with van der Waals surface area (Å²) in [6, 6.07) is 2.10. The summed E-state index contributed by atoms with van der Waals surface area (Å²) < 4.78 is 0. The highest BCUT2D eigenvalue weighted by atomic mass is 16.1. The number of ketones is 1. The quantitative estimate of drug-likeness (QED) is 0.546. The number of nitrogens with zero attached hydrogens (tertiary/aromatic N) is 1. The van der Waals surface area contributed by atoms with Gasteiger partial charge in [0.1, 0.15) is 5.92 Å². The molecule has 0 aromatic heterocycles. The third-order valence-electron chi connectivity index (χ3n) is 3.83. The van der Waals surface area contributed by atoms with Crippen molar-refractivity contribution in [3.63, 3.8) is 0 Å². The number of nitriles is 1. The van der Waals surface area contributed by atoms with Gasteiger partial charge in [0.15, 0.2) is 5.78 Å². The first kappa shape index (κ1) is 7.79. The third-order valence-corrected chi connectivity index (χ3v) is 3.83. The Kier molecular flexibility index (Phi) is 1.36. The predicted molar refractivity (Wildman–Crippen MR) is 44.1 cm³/mol. The van der Waals surface area contributed by atoms with E-state index >= 15 is 0 Å². The second-order valence-electron chi connectivity index (χ2n) is 4.63. The van der Waals surface area contributed by atoms with Crippen LogP contribution >= 0.6 is 0 Å². The maximum absolute atomic E-state index is 11.6. The molecule has 0 radical (unpaired) electrons. The summed E-state index contributed by atoms with van der Waals surface area (Å²) in [5, 5.41) is 8.70. The molecule has 0 aromatic rings. The number of rotatable bonds is 0. The Balaban J connectivity index is 2.24. The fourth-order valence-electron chi connectivity index (χ4n) is 2.66. The second kappa shape index (κ2) is 2.10. The van der Waals surface area contributed by atoms with E-state index in [0.29, 0.717) is 5.92 Å². The average molecular weight is 163 g/mol. The predicted octanol–water partition coefficient (Wildman–Crippen LogP) is 1.76. The molecule has 0 spiro atoms.